The van der Waals surface area contributed by atoms with Crippen molar-refractivity contribution in [3.05, 3.63) is 88.1 Å². The van der Waals surface area contributed by atoms with Gasteiger partial charge in [-0.05, 0) is 41.4 Å². The molecule has 4 aromatic rings. The van der Waals surface area contributed by atoms with Crippen LogP contribution in [0, 0.1) is 6.92 Å². The molecule has 9 nitrogen and oxygen atoms in total. The second-order valence-electron chi connectivity index (χ2n) is 9.46. The molecule has 2 aromatic carbocycles. The van der Waals surface area contributed by atoms with Crippen molar-refractivity contribution in [3.8, 4) is 23.0 Å². The number of aryl methyl sites for hydroxylation is 1. The van der Waals surface area contributed by atoms with Crippen LogP contribution in [-0.4, -0.2) is 41.6 Å². The Morgan fingerprint density at radius 3 is 2.13 bits per heavy atom. The predicted molar refractivity (Wildman–Crippen MR) is 146 cm³/mol. The summed E-state index contributed by atoms with van der Waals surface area (Å²) < 4.78 is 41.9. The fourth-order valence-electron chi connectivity index (χ4n) is 3.45. The summed E-state index contributed by atoms with van der Waals surface area (Å²) in [5, 5.41) is 0.397. The monoisotopic (exact) mass is 552 g/mol. The summed E-state index contributed by atoms with van der Waals surface area (Å²) >= 11 is 5.79. The molecule has 198 valence electrons. The Morgan fingerprint density at radius 2 is 1.50 bits per heavy atom. The maximum absolute atomic E-state index is 13.2. The molecule has 0 radical (unpaired) electrons. The maximum Gasteiger partial charge on any atom is 0.316 e. The fraction of sp³-hybridized carbons (Fsp3) is 0.259. The van der Waals surface area contributed by atoms with Crippen molar-refractivity contribution < 1.29 is 17.9 Å². The summed E-state index contributed by atoms with van der Waals surface area (Å²) in [6.45, 7) is 8.34. The van der Waals surface area contributed by atoms with E-state index in [1.54, 1.807) is 24.3 Å². The van der Waals surface area contributed by atoms with Crippen molar-refractivity contribution in [2.45, 2.75) is 38.0 Å². The Labute approximate surface area is 227 Å². The number of aromatic nitrogens is 4. The summed E-state index contributed by atoms with van der Waals surface area (Å²) in [6.07, 6.45) is 4.07. The number of nitrogens with zero attached hydrogens (tertiary/aromatic N) is 5. The van der Waals surface area contributed by atoms with Crippen LogP contribution in [0.1, 0.15) is 31.9 Å². The molecule has 38 heavy (non-hydrogen) atoms. The van der Waals surface area contributed by atoms with Crippen LogP contribution in [0.3, 0.4) is 0 Å². The highest BCUT2D eigenvalue weighted by Gasteiger charge is 2.18. The predicted octanol–water partition coefficient (Wildman–Crippen LogP) is 6.04. The average molecular weight is 553 g/mol. The SMILES string of the molecule is Cc1ccc(-c2c([N-]S(=O)(=O)c3ccc(C(C)(C)C)cc3)ncnc2OCCOc2ncc(Cl)cn2)cc1. The van der Waals surface area contributed by atoms with Gasteiger partial charge in [0.15, 0.2) is 0 Å². The first-order valence-corrected chi connectivity index (χ1v) is 13.6. The molecule has 0 N–H and O–H groups in total. The first-order chi connectivity index (χ1) is 18.0. The van der Waals surface area contributed by atoms with Crippen LogP contribution in [-0.2, 0) is 15.4 Å². The largest absolute Gasteiger partial charge is 0.474 e. The Bertz CT molecular complexity index is 1490. The van der Waals surface area contributed by atoms with Gasteiger partial charge in [-0.15, -0.1) is 0 Å². The molecule has 0 saturated carbocycles. The molecule has 0 spiro atoms. The average Bonchev–Trinajstić information content (AvgIpc) is 2.88. The maximum atomic E-state index is 13.2. The van der Waals surface area contributed by atoms with Crippen molar-refractivity contribution in [3.63, 3.8) is 0 Å². The summed E-state index contributed by atoms with van der Waals surface area (Å²) in [6, 6.07) is 14.3. The van der Waals surface area contributed by atoms with Crippen molar-refractivity contribution in [1.82, 2.24) is 19.9 Å². The van der Waals surface area contributed by atoms with Crippen LogP contribution in [0.5, 0.6) is 11.9 Å². The van der Waals surface area contributed by atoms with Gasteiger partial charge < -0.3 is 19.2 Å². The van der Waals surface area contributed by atoms with E-state index in [1.807, 2.05) is 31.2 Å². The molecule has 0 saturated heterocycles. The summed E-state index contributed by atoms with van der Waals surface area (Å²) in [5.74, 6) is 0.141. The highest BCUT2D eigenvalue weighted by Crippen LogP contribution is 2.40. The van der Waals surface area contributed by atoms with Gasteiger partial charge in [-0.25, -0.2) is 23.4 Å². The van der Waals surface area contributed by atoms with Crippen molar-refractivity contribution in [2.24, 2.45) is 0 Å². The fourth-order valence-corrected chi connectivity index (χ4v) is 4.50. The van der Waals surface area contributed by atoms with Crippen LogP contribution >= 0.6 is 11.6 Å². The minimum absolute atomic E-state index is 0.0271. The first-order valence-electron chi connectivity index (χ1n) is 11.8. The first kappa shape index (κ1) is 27.3. The Kier molecular flexibility index (Phi) is 8.13. The lowest BCUT2D eigenvalue weighted by atomic mass is 9.87. The van der Waals surface area contributed by atoms with Gasteiger partial charge >= 0.3 is 6.01 Å². The summed E-state index contributed by atoms with van der Waals surface area (Å²) in [5.41, 5.74) is 2.95. The molecule has 0 amide bonds. The molecular weight excluding hydrogens is 526 g/mol. The molecule has 0 unspecified atom stereocenters. The third kappa shape index (κ3) is 6.76. The lowest BCUT2D eigenvalue weighted by Crippen LogP contribution is -2.12. The van der Waals surface area contributed by atoms with E-state index in [4.69, 9.17) is 21.1 Å². The quantitative estimate of drug-likeness (QED) is 0.230. The van der Waals surface area contributed by atoms with E-state index in [1.165, 1.54) is 18.7 Å². The topological polar surface area (TPSA) is 118 Å². The molecule has 0 atom stereocenters. The summed E-state index contributed by atoms with van der Waals surface area (Å²) in [7, 11) is -4.07. The number of rotatable bonds is 9. The highest BCUT2D eigenvalue weighted by atomic mass is 35.5. The molecule has 11 heteroatoms. The lowest BCUT2D eigenvalue weighted by molar-refractivity contribution is 0.202. The van der Waals surface area contributed by atoms with E-state index in [2.05, 4.69) is 45.4 Å². The van der Waals surface area contributed by atoms with Gasteiger partial charge in [0.05, 0.1) is 22.3 Å². The second-order valence-corrected chi connectivity index (χ2v) is 11.5. The smallest absolute Gasteiger partial charge is 0.316 e. The molecule has 0 fully saturated rings. The third-order valence-corrected chi connectivity index (χ3v) is 6.98. The number of benzene rings is 2. The Morgan fingerprint density at radius 1 is 0.868 bits per heavy atom. The minimum atomic E-state index is -4.07. The Hall–Kier alpha value is -3.76. The number of ether oxygens (including phenoxy) is 2. The standard InChI is InChI=1S/C27H27ClN5O4S/c1-18-5-7-19(8-6-18)23-24(33-38(34,35)22-11-9-20(10-12-22)27(2,3)4)31-17-32-25(23)36-13-14-37-26-29-15-21(28)16-30-26/h5-12,15-17H,13-14H2,1-4H3/q-1. The van der Waals surface area contributed by atoms with Crippen LogP contribution in [0.25, 0.3) is 15.8 Å². The van der Waals surface area contributed by atoms with E-state index in [0.717, 1.165) is 11.1 Å². The molecule has 0 aliphatic carbocycles. The number of hydrogen-bond acceptors (Lipinski definition) is 8. The number of sulfonamides is 1. The van der Waals surface area contributed by atoms with Gasteiger partial charge in [0.2, 0.25) is 15.9 Å². The highest BCUT2D eigenvalue weighted by molar-refractivity contribution is 7.94. The normalized spacial score (nSPS) is 11.7. The van der Waals surface area contributed by atoms with Gasteiger partial charge in [0, 0.05) is 11.9 Å². The van der Waals surface area contributed by atoms with Gasteiger partial charge in [0.1, 0.15) is 13.2 Å². The minimum Gasteiger partial charge on any atom is -0.474 e. The van der Waals surface area contributed by atoms with E-state index in [-0.39, 0.29) is 41.2 Å². The zero-order chi connectivity index (χ0) is 27.3. The van der Waals surface area contributed by atoms with E-state index in [0.29, 0.717) is 16.1 Å². The van der Waals surface area contributed by atoms with Gasteiger partial charge in [-0.1, -0.05) is 74.3 Å². The molecule has 4 rings (SSSR count). The molecule has 2 aromatic heterocycles. The molecule has 0 bridgehead atoms. The summed E-state index contributed by atoms with van der Waals surface area (Å²) in [4.78, 5) is 16.4. The van der Waals surface area contributed by atoms with E-state index in [9.17, 15) is 8.42 Å². The van der Waals surface area contributed by atoms with Crippen LogP contribution in [0.2, 0.25) is 5.02 Å². The zero-order valence-corrected chi connectivity index (χ0v) is 23.0. The van der Waals surface area contributed by atoms with Crippen LogP contribution < -0.4 is 9.47 Å². The van der Waals surface area contributed by atoms with Gasteiger partial charge in [0.25, 0.3) is 0 Å². The van der Waals surface area contributed by atoms with E-state index >= 15 is 0 Å². The molecular formula is C27H27ClN5O4S-. The molecule has 0 aliphatic rings. The second kappa shape index (κ2) is 11.3. The number of halogens is 1. The van der Waals surface area contributed by atoms with E-state index < -0.39 is 10.0 Å². The molecule has 0 aliphatic heterocycles. The lowest BCUT2D eigenvalue weighted by Gasteiger charge is -2.23. The Balaban J connectivity index is 1.60. The molecule has 2 heterocycles. The number of hydrogen-bond donors (Lipinski definition) is 0. The van der Waals surface area contributed by atoms with Gasteiger partial charge in [-0.3, -0.25) is 0 Å². The van der Waals surface area contributed by atoms with Gasteiger partial charge in [-0.2, -0.15) is 0 Å². The van der Waals surface area contributed by atoms with Crippen molar-refractivity contribution in [2.75, 3.05) is 13.2 Å². The van der Waals surface area contributed by atoms with Crippen LogP contribution in [0.15, 0.2) is 72.1 Å². The van der Waals surface area contributed by atoms with Crippen LogP contribution in [0.4, 0.5) is 5.82 Å². The zero-order valence-electron chi connectivity index (χ0n) is 21.4. The van der Waals surface area contributed by atoms with Crippen molar-refractivity contribution in [1.29, 1.82) is 0 Å². The third-order valence-electron chi connectivity index (χ3n) is 5.51. The van der Waals surface area contributed by atoms with Crippen molar-refractivity contribution >= 4 is 27.4 Å².